The topological polar surface area (TPSA) is 64.7 Å². The van der Waals surface area contributed by atoms with E-state index in [1.165, 1.54) is 0 Å². The maximum Gasteiger partial charge on any atom is 0.142 e. The summed E-state index contributed by atoms with van der Waals surface area (Å²) in [6.07, 6.45) is -0.529. The van der Waals surface area contributed by atoms with Gasteiger partial charge in [0.2, 0.25) is 0 Å². The zero-order valence-corrected chi connectivity index (χ0v) is 9.72. The number of benzene rings is 1. The molecule has 0 spiro atoms. The molecule has 4 heteroatoms. The van der Waals surface area contributed by atoms with Crippen molar-refractivity contribution in [3.8, 4) is 5.75 Å². The van der Waals surface area contributed by atoms with Crippen LogP contribution in [0.2, 0.25) is 0 Å². The average molecular weight is 225 g/mol. The van der Waals surface area contributed by atoms with Crippen molar-refractivity contribution in [3.05, 3.63) is 24.3 Å². The van der Waals surface area contributed by atoms with E-state index in [1.54, 1.807) is 12.1 Å². The highest BCUT2D eigenvalue weighted by Gasteiger charge is 2.07. The SMILES string of the molecule is CC(C)OCC(O)COc1ccccc1N. The van der Waals surface area contributed by atoms with Crippen molar-refractivity contribution in [2.24, 2.45) is 0 Å². The van der Waals surface area contributed by atoms with Crippen LogP contribution in [0.4, 0.5) is 5.69 Å². The fourth-order valence-corrected chi connectivity index (χ4v) is 1.15. The van der Waals surface area contributed by atoms with E-state index in [0.717, 1.165) is 0 Å². The van der Waals surface area contributed by atoms with Crippen molar-refractivity contribution >= 4 is 5.69 Å². The van der Waals surface area contributed by atoms with E-state index >= 15 is 0 Å². The fourth-order valence-electron chi connectivity index (χ4n) is 1.15. The van der Waals surface area contributed by atoms with Gasteiger partial charge in [0.15, 0.2) is 0 Å². The molecular formula is C12H19NO3. The van der Waals surface area contributed by atoms with Gasteiger partial charge in [0.1, 0.15) is 18.5 Å². The standard InChI is InChI=1S/C12H19NO3/c1-9(2)15-7-10(14)8-16-12-6-4-3-5-11(12)13/h3-6,9-10,14H,7-8,13H2,1-2H3. The molecule has 0 saturated heterocycles. The molecule has 16 heavy (non-hydrogen) atoms. The Morgan fingerprint density at radius 3 is 2.56 bits per heavy atom. The number of hydrogen-bond donors (Lipinski definition) is 2. The van der Waals surface area contributed by atoms with Crippen LogP contribution in [0.1, 0.15) is 13.8 Å². The number of aliphatic hydroxyl groups is 1. The highest BCUT2D eigenvalue weighted by atomic mass is 16.5. The first kappa shape index (κ1) is 12.8. The zero-order chi connectivity index (χ0) is 12.0. The van der Waals surface area contributed by atoms with Gasteiger partial charge in [0.25, 0.3) is 0 Å². The highest BCUT2D eigenvalue weighted by molar-refractivity contribution is 5.51. The quantitative estimate of drug-likeness (QED) is 0.719. The van der Waals surface area contributed by atoms with E-state index in [2.05, 4.69) is 0 Å². The number of ether oxygens (including phenoxy) is 2. The van der Waals surface area contributed by atoms with Gasteiger partial charge in [-0.05, 0) is 26.0 Å². The molecule has 1 unspecified atom stereocenters. The van der Waals surface area contributed by atoms with Crippen molar-refractivity contribution < 1.29 is 14.6 Å². The first-order valence-electron chi connectivity index (χ1n) is 5.36. The monoisotopic (exact) mass is 225 g/mol. The third-order valence-corrected chi connectivity index (χ3v) is 1.97. The molecule has 0 heterocycles. The van der Waals surface area contributed by atoms with Crippen molar-refractivity contribution in [1.29, 1.82) is 0 Å². The smallest absolute Gasteiger partial charge is 0.142 e. The Balaban J connectivity index is 2.31. The van der Waals surface area contributed by atoms with Crippen LogP contribution in [0.5, 0.6) is 5.75 Å². The van der Waals surface area contributed by atoms with Crippen LogP contribution in [0, 0.1) is 0 Å². The normalized spacial score (nSPS) is 12.8. The van der Waals surface area contributed by atoms with Gasteiger partial charge >= 0.3 is 0 Å². The number of nitrogen functional groups attached to an aromatic ring is 1. The first-order chi connectivity index (χ1) is 7.59. The highest BCUT2D eigenvalue weighted by Crippen LogP contribution is 2.19. The van der Waals surface area contributed by atoms with Crippen LogP contribution < -0.4 is 10.5 Å². The number of nitrogens with two attached hydrogens (primary N) is 1. The molecule has 0 radical (unpaired) electrons. The van der Waals surface area contributed by atoms with Crippen molar-refractivity contribution in [3.63, 3.8) is 0 Å². The fraction of sp³-hybridized carbons (Fsp3) is 0.500. The average Bonchev–Trinajstić information content (AvgIpc) is 2.25. The molecule has 0 aliphatic carbocycles. The molecule has 90 valence electrons. The van der Waals surface area contributed by atoms with Gasteiger partial charge in [-0.2, -0.15) is 0 Å². The van der Waals surface area contributed by atoms with Gasteiger partial charge in [-0.1, -0.05) is 12.1 Å². The minimum atomic E-state index is -0.637. The summed E-state index contributed by atoms with van der Waals surface area (Å²) in [6.45, 7) is 4.29. The summed E-state index contributed by atoms with van der Waals surface area (Å²) in [5.74, 6) is 0.589. The molecular weight excluding hydrogens is 206 g/mol. The molecule has 0 aromatic heterocycles. The number of aliphatic hydroxyl groups excluding tert-OH is 1. The molecule has 0 aliphatic rings. The third-order valence-electron chi connectivity index (χ3n) is 1.97. The van der Waals surface area contributed by atoms with E-state index < -0.39 is 6.10 Å². The lowest BCUT2D eigenvalue weighted by Crippen LogP contribution is -2.25. The van der Waals surface area contributed by atoms with E-state index in [4.69, 9.17) is 15.2 Å². The van der Waals surface area contributed by atoms with Gasteiger partial charge in [0.05, 0.1) is 18.4 Å². The Kier molecular flexibility index (Phi) is 5.08. The molecule has 4 nitrogen and oxygen atoms in total. The lowest BCUT2D eigenvalue weighted by Gasteiger charge is -2.15. The number of para-hydroxylation sites is 2. The summed E-state index contributed by atoms with van der Waals surface area (Å²) in [4.78, 5) is 0. The Morgan fingerprint density at radius 2 is 1.94 bits per heavy atom. The van der Waals surface area contributed by atoms with Crippen LogP contribution in [0.15, 0.2) is 24.3 Å². The summed E-state index contributed by atoms with van der Waals surface area (Å²) >= 11 is 0. The minimum absolute atomic E-state index is 0.108. The van der Waals surface area contributed by atoms with Crippen LogP contribution in [0.25, 0.3) is 0 Å². The van der Waals surface area contributed by atoms with Crippen molar-refractivity contribution in [2.45, 2.75) is 26.1 Å². The van der Waals surface area contributed by atoms with E-state index in [0.29, 0.717) is 11.4 Å². The Labute approximate surface area is 96.0 Å². The van der Waals surface area contributed by atoms with Gasteiger partial charge in [0, 0.05) is 0 Å². The zero-order valence-electron chi connectivity index (χ0n) is 9.72. The summed E-state index contributed by atoms with van der Waals surface area (Å²) in [6, 6.07) is 7.20. The summed E-state index contributed by atoms with van der Waals surface area (Å²) in [5.41, 5.74) is 6.26. The molecule has 1 atom stereocenters. The molecule has 1 rings (SSSR count). The molecule has 1 aromatic carbocycles. The lowest BCUT2D eigenvalue weighted by molar-refractivity contribution is -0.0121. The molecule has 0 fully saturated rings. The summed E-state index contributed by atoms with van der Waals surface area (Å²) in [7, 11) is 0. The second kappa shape index (κ2) is 6.35. The van der Waals surface area contributed by atoms with Gasteiger partial charge in [-0.3, -0.25) is 0 Å². The molecule has 0 bridgehead atoms. The molecule has 1 aromatic rings. The van der Waals surface area contributed by atoms with E-state index in [-0.39, 0.29) is 19.3 Å². The van der Waals surface area contributed by atoms with Gasteiger partial charge < -0.3 is 20.3 Å². The van der Waals surface area contributed by atoms with Crippen molar-refractivity contribution in [2.75, 3.05) is 18.9 Å². The number of rotatable bonds is 6. The second-order valence-electron chi connectivity index (χ2n) is 3.88. The maximum absolute atomic E-state index is 9.56. The predicted octanol–water partition coefficient (Wildman–Crippen LogP) is 1.43. The van der Waals surface area contributed by atoms with Gasteiger partial charge in [-0.15, -0.1) is 0 Å². The van der Waals surface area contributed by atoms with Crippen molar-refractivity contribution in [1.82, 2.24) is 0 Å². The van der Waals surface area contributed by atoms with Crippen LogP contribution in [0.3, 0.4) is 0 Å². The predicted molar refractivity (Wildman–Crippen MR) is 63.4 cm³/mol. The molecule has 0 saturated carbocycles. The number of anilines is 1. The Morgan fingerprint density at radius 1 is 1.25 bits per heavy atom. The molecule has 3 N–H and O–H groups in total. The minimum Gasteiger partial charge on any atom is -0.489 e. The van der Waals surface area contributed by atoms with Crippen LogP contribution >= 0.6 is 0 Å². The lowest BCUT2D eigenvalue weighted by atomic mass is 10.3. The second-order valence-corrected chi connectivity index (χ2v) is 3.88. The van der Waals surface area contributed by atoms with Gasteiger partial charge in [-0.25, -0.2) is 0 Å². The Bertz CT molecular complexity index is 315. The largest absolute Gasteiger partial charge is 0.489 e. The molecule has 0 amide bonds. The number of hydrogen-bond acceptors (Lipinski definition) is 4. The molecule has 0 aliphatic heterocycles. The van der Waals surface area contributed by atoms with E-state index in [1.807, 2.05) is 26.0 Å². The summed E-state index contributed by atoms with van der Waals surface area (Å²) < 4.78 is 10.6. The first-order valence-corrected chi connectivity index (χ1v) is 5.36. The maximum atomic E-state index is 9.56. The van der Waals surface area contributed by atoms with Crippen LogP contribution in [-0.2, 0) is 4.74 Å². The third kappa shape index (κ3) is 4.51. The van der Waals surface area contributed by atoms with E-state index in [9.17, 15) is 5.11 Å². The van der Waals surface area contributed by atoms with Crippen LogP contribution in [-0.4, -0.2) is 30.5 Å². The summed E-state index contributed by atoms with van der Waals surface area (Å²) in [5, 5.41) is 9.56. The Hall–Kier alpha value is -1.26.